The van der Waals surface area contributed by atoms with Crippen LogP contribution in [0.1, 0.15) is 30.2 Å². The lowest BCUT2D eigenvalue weighted by Gasteiger charge is -2.21. The molecule has 1 aromatic heterocycles. The van der Waals surface area contributed by atoms with Gasteiger partial charge in [0.15, 0.2) is 0 Å². The van der Waals surface area contributed by atoms with Crippen LogP contribution >= 0.6 is 11.3 Å². The third kappa shape index (κ3) is 3.52. The van der Waals surface area contributed by atoms with Gasteiger partial charge in [-0.1, -0.05) is 86.9 Å². The largest absolute Gasteiger partial charge is 0.139 e. The fourth-order valence-electron chi connectivity index (χ4n) is 3.20. The van der Waals surface area contributed by atoms with Gasteiger partial charge >= 0.3 is 0 Å². The molecule has 2 atom stereocenters. The van der Waals surface area contributed by atoms with Crippen molar-refractivity contribution in [2.75, 3.05) is 0 Å². The highest BCUT2D eigenvalue weighted by atomic mass is 32.1. The third-order valence-corrected chi connectivity index (χ3v) is 5.90. The van der Waals surface area contributed by atoms with Crippen molar-refractivity contribution in [1.82, 2.24) is 0 Å². The van der Waals surface area contributed by atoms with Gasteiger partial charge in [-0.05, 0) is 30.1 Å². The lowest BCUT2D eigenvalue weighted by atomic mass is 9.84. The highest BCUT2D eigenvalue weighted by molar-refractivity contribution is 7.19. The summed E-state index contributed by atoms with van der Waals surface area (Å²) in [5.74, 6) is 0.873. The van der Waals surface area contributed by atoms with Crippen LogP contribution in [0.25, 0.3) is 15.7 Å². The Labute approximate surface area is 154 Å². The predicted octanol–water partition coefficient (Wildman–Crippen LogP) is 7.45. The maximum atomic E-state index is 4.40. The number of hydrogen-bond donors (Lipinski definition) is 0. The minimum absolute atomic E-state index is 0.390. The van der Waals surface area contributed by atoms with Crippen molar-refractivity contribution in [3.05, 3.63) is 102 Å². The lowest BCUT2D eigenvalue weighted by Crippen LogP contribution is -2.07. The number of allylic oxidation sites excluding steroid dienone is 10. The first-order valence-corrected chi connectivity index (χ1v) is 9.49. The van der Waals surface area contributed by atoms with Gasteiger partial charge in [0.25, 0.3) is 0 Å². The second-order valence-corrected chi connectivity index (χ2v) is 7.46. The molecule has 0 fully saturated rings. The monoisotopic (exact) mass is 344 g/mol. The molecule has 1 heteroatoms. The van der Waals surface area contributed by atoms with Crippen molar-refractivity contribution < 1.29 is 0 Å². The molecule has 25 heavy (non-hydrogen) atoms. The van der Waals surface area contributed by atoms with Crippen LogP contribution in [0.15, 0.2) is 91.6 Å². The van der Waals surface area contributed by atoms with Crippen molar-refractivity contribution >= 4 is 27.0 Å². The van der Waals surface area contributed by atoms with Crippen molar-refractivity contribution in [2.45, 2.75) is 19.8 Å². The van der Waals surface area contributed by atoms with Crippen LogP contribution in [0.5, 0.6) is 0 Å². The summed E-state index contributed by atoms with van der Waals surface area (Å²) in [6.07, 6.45) is 17.0. The highest BCUT2D eigenvalue weighted by Gasteiger charge is 2.24. The Balaban J connectivity index is 2.10. The minimum atomic E-state index is 0.390. The molecule has 0 bridgehead atoms. The summed E-state index contributed by atoms with van der Waals surface area (Å²) in [5, 5.41) is 1.28. The summed E-state index contributed by atoms with van der Waals surface area (Å²) in [5.41, 5.74) is 3.24. The van der Waals surface area contributed by atoms with E-state index in [0.29, 0.717) is 11.8 Å². The Hall–Kier alpha value is -2.38. The first kappa shape index (κ1) is 17.4. The van der Waals surface area contributed by atoms with Gasteiger partial charge in [-0.3, -0.25) is 0 Å². The van der Waals surface area contributed by atoms with Crippen LogP contribution in [-0.4, -0.2) is 0 Å². The molecular formula is C24H24S. The summed E-state index contributed by atoms with van der Waals surface area (Å²) >= 11 is 1.88. The zero-order valence-corrected chi connectivity index (χ0v) is 15.7. The number of thiophene rings is 1. The molecule has 0 saturated carbocycles. The van der Waals surface area contributed by atoms with Gasteiger partial charge in [0.1, 0.15) is 0 Å². The van der Waals surface area contributed by atoms with Crippen molar-refractivity contribution in [1.29, 1.82) is 0 Å². The molecule has 0 amide bonds. The third-order valence-electron chi connectivity index (χ3n) is 4.63. The van der Waals surface area contributed by atoms with Crippen LogP contribution < -0.4 is 0 Å². The molecule has 1 heterocycles. The van der Waals surface area contributed by atoms with Crippen LogP contribution in [0.4, 0.5) is 0 Å². The minimum Gasteiger partial charge on any atom is -0.139 e. The Bertz CT molecular complexity index is 915. The first-order valence-electron chi connectivity index (χ1n) is 8.67. The van der Waals surface area contributed by atoms with E-state index in [4.69, 9.17) is 0 Å². The smallest absolute Gasteiger partial charge is 0.0352 e. The second kappa shape index (κ2) is 7.67. The molecule has 3 rings (SSSR count). The van der Waals surface area contributed by atoms with Crippen LogP contribution in [0.2, 0.25) is 0 Å². The van der Waals surface area contributed by atoms with E-state index in [2.05, 4.69) is 68.7 Å². The van der Waals surface area contributed by atoms with E-state index in [9.17, 15) is 0 Å². The van der Waals surface area contributed by atoms with E-state index < -0.39 is 0 Å². The highest BCUT2D eigenvalue weighted by Crippen LogP contribution is 2.45. The Morgan fingerprint density at radius 3 is 2.60 bits per heavy atom. The van der Waals surface area contributed by atoms with E-state index in [-0.39, 0.29) is 0 Å². The van der Waals surface area contributed by atoms with Gasteiger partial charge in [-0.25, -0.2) is 0 Å². The molecule has 1 aliphatic rings. The summed E-state index contributed by atoms with van der Waals surface area (Å²) in [6, 6.07) is 8.61. The fourth-order valence-corrected chi connectivity index (χ4v) is 4.63. The molecule has 0 spiro atoms. The second-order valence-electron chi connectivity index (χ2n) is 6.38. The molecule has 0 radical (unpaired) electrons. The molecule has 1 aromatic carbocycles. The Kier molecular flexibility index (Phi) is 5.35. The van der Waals surface area contributed by atoms with Gasteiger partial charge in [-0.2, -0.15) is 0 Å². The van der Waals surface area contributed by atoms with Gasteiger partial charge < -0.3 is 0 Å². The molecular weight excluding hydrogens is 320 g/mol. The molecule has 126 valence electrons. The molecule has 0 aliphatic heterocycles. The topological polar surface area (TPSA) is 0 Å². The summed E-state index contributed by atoms with van der Waals surface area (Å²) in [7, 11) is 0. The molecule has 1 aliphatic carbocycles. The van der Waals surface area contributed by atoms with E-state index in [1.165, 1.54) is 20.5 Å². The zero-order valence-electron chi connectivity index (χ0n) is 14.9. The summed E-state index contributed by atoms with van der Waals surface area (Å²) < 4.78 is 1.31. The Morgan fingerprint density at radius 2 is 1.84 bits per heavy atom. The maximum Gasteiger partial charge on any atom is 0.0352 e. The fraction of sp³-hybridized carbons (Fsp3) is 0.167. The molecule has 0 saturated heterocycles. The van der Waals surface area contributed by atoms with Gasteiger partial charge in [0, 0.05) is 26.4 Å². The lowest BCUT2D eigenvalue weighted by molar-refractivity contribution is 0.644. The van der Waals surface area contributed by atoms with Gasteiger partial charge in [-0.15, -0.1) is 11.3 Å². The molecule has 2 aromatic rings. The summed E-state index contributed by atoms with van der Waals surface area (Å²) in [4.78, 5) is 1.39. The number of rotatable bonds is 5. The van der Waals surface area contributed by atoms with E-state index in [0.717, 1.165) is 11.1 Å². The average Bonchev–Trinajstić information content (AvgIpc) is 3.00. The standard InChI is InChI=1S/C24H24S/c1-5-6-7-12-17(2)19(4)23-21-15-10-11-16-22(21)25-24(23)20-14-9-8-13-18(20)3/h5-16,18,20H,2,4H2,1,3H3/b6-5-,12-7-. The van der Waals surface area contributed by atoms with Crippen LogP contribution in [0, 0.1) is 5.92 Å². The zero-order chi connectivity index (χ0) is 17.8. The van der Waals surface area contributed by atoms with Gasteiger partial charge in [0.2, 0.25) is 0 Å². The molecule has 0 N–H and O–H groups in total. The normalized spacial score (nSPS) is 20.1. The van der Waals surface area contributed by atoms with Gasteiger partial charge in [0.05, 0.1) is 0 Å². The van der Waals surface area contributed by atoms with E-state index >= 15 is 0 Å². The average molecular weight is 345 g/mol. The van der Waals surface area contributed by atoms with E-state index in [1.807, 2.05) is 42.6 Å². The number of hydrogen-bond acceptors (Lipinski definition) is 1. The Morgan fingerprint density at radius 1 is 1.08 bits per heavy atom. The van der Waals surface area contributed by atoms with Crippen molar-refractivity contribution in [2.24, 2.45) is 5.92 Å². The predicted molar refractivity (Wildman–Crippen MR) is 114 cm³/mol. The van der Waals surface area contributed by atoms with E-state index in [1.54, 1.807) is 0 Å². The molecule has 0 nitrogen and oxygen atoms in total. The van der Waals surface area contributed by atoms with Crippen LogP contribution in [-0.2, 0) is 0 Å². The van der Waals surface area contributed by atoms with Crippen molar-refractivity contribution in [3.63, 3.8) is 0 Å². The summed E-state index contributed by atoms with van der Waals surface area (Å²) in [6.45, 7) is 12.9. The molecule has 2 unspecified atom stereocenters. The van der Waals surface area contributed by atoms with Crippen LogP contribution in [0.3, 0.4) is 0 Å². The number of fused-ring (bicyclic) bond motifs is 1. The van der Waals surface area contributed by atoms with Crippen molar-refractivity contribution in [3.8, 4) is 0 Å². The number of benzene rings is 1. The maximum absolute atomic E-state index is 4.40. The first-order chi connectivity index (χ1) is 12.1. The quantitative estimate of drug-likeness (QED) is 0.494. The SMILES string of the molecule is C=C(/C=C\C=C/C)C(=C)c1c(C2C=CC=CC2C)sc2ccccc12.